The Kier molecular flexibility index (Phi) is 5.44. The molecular weight excluding hydrogens is 310 g/mol. The predicted octanol–water partition coefficient (Wildman–Crippen LogP) is 4.13. The van der Waals surface area contributed by atoms with Crippen LogP contribution >= 0.6 is 0 Å². The predicted molar refractivity (Wildman–Crippen MR) is 100 cm³/mol. The molecule has 128 valence electrons. The number of piperidine rings is 1. The number of benzene rings is 2. The van der Waals surface area contributed by atoms with E-state index in [-0.39, 0.29) is 17.6 Å². The van der Waals surface area contributed by atoms with E-state index in [0.717, 1.165) is 29.5 Å². The lowest BCUT2D eigenvalue weighted by Gasteiger charge is -2.30. The van der Waals surface area contributed by atoms with Gasteiger partial charge in [-0.05, 0) is 37.0 Å². The molecule has 0 radical (unpaired) electrons. The van der Waals surface area contributed by atoms with Crippen LogP contribution in [0.25, 0.3) is 6.08 Å². The standard InChI is InChI=1S/C22H23NO2/c1-17-7-5-6-8-18(17)11-12-21(24)23-15-13-20(14-16-23)22(25)19-9-3-2-4-10-19/h2-12,20H,13-16H2,1H3. The Hall–Kier alpha value is -2.68. The number of aryl methyl sites for hydroxylation is 1. The largest absolute Gasteiger partial charge is 0.339 e. The molecule has 3 nitrogen and oxygen atoms in total. The maximum Gasteiger partial charge on any atom is 0.246 e. The molecule has 0 aromatic heterocycles. The summed E-state index contributed by atoms with van der Waals surface area (Å²) in [5.41, 5.74) is 2.98. The van der Waals surface area contributed by atoms with Crippen LogP contribution in [0.1, 0.15) is 34.3 Å². The lowest BCUT2D eigenvalue weighted by atomic mass is 9.89. The van der Waals surface area contributed by atoms with Crippen molar-refractivity contribution in [3.63, 3.8) is 0 Å². The maximum atomic E-state index is 12.5. The minimum Gasteiger partial charge on any atom is -0.339 e. The number of likely N-dealkylation sites (tertiary alicyclic amines) is 1. The molecule has 0 bridgehead atoms. The lowest BCUT2D eigenvalue weighted by molar-refractivity contribution is -0.127. The normalized spacial score (nSPS) is 15.5. The van der Waals surface area contributed by atoms with Crippen molar-refractivity contribution in [3.8, 4) is 0 Å². The highest BCUT2D eigenvalue weighted by Crippen LogP contribution is 2.22. The quantitative estimate of drug-likeness (QED) is 0.623. The summed E-state index contributed by atoms with van der Waals surface area (Å²) in [5.74, 6) is 0.240. The first kappa shape index (κ1) is 17.2. The Morgan fingerprint density at radius 3 is 2.28 bits per heavy atom. The van der Waals surface area contributed by atoms with Gasteiger partial charge in [-0.15, -0.1) is 0 Å². The molecule has 1 aliphatic rings. The van der Waals surface area contributed by atoms with Gasteiger partial charge in [-0.3, -0.25) is 9.59 Å². The van der Waals surface area contributed by atoms with Crippen LogP contribution in [-0.2, 0) is 4.79 Å². The minimum absolute atomic E-state index is 0.0202. The van der Waals surface area contributed by atoms with Gasteiger partial charge in [0.2, 0.25) is 5.91 Å². The SMILES string of the molecule is Cc1ccccc1C=CC(=O)N1CCC(C(=O)c2ccccc2)CC1. The first-order valence-electron chi connectivity index (χ1n) is 8.77. The summed E-state index contributed by atoms with van der Waals surface area (Å²) in [6.45, 7) is 3.31. The van der Waals surface area contributed by atoms with Gasteiger partial charge in [-0.1, -0.05) is 54.6 Å². The number of hydrogen-bond acceptors (Lipinski definition) is 2. The average Bonchev–Trinajstić information content (AvgIpc) is 2.67. The zero-order chi connectivity index (χ0) is 17.6. The minimum atomic E-state index is 0.0202. The number of hydrogen-bond donors (Lipinski definition) is 0. The zero-order valence-electron chi connectivity index (χ0n) is 14.5. The highest BCUT2D eigenvalue weighted by Gasteiger charge is 2.27. The van der Waals surface area contributed by atoms with Crippen LogP contribution in [0.5, 0.6) is 0 Å². The van der Waals surface area contributed by atoms with E-state index < -0.39 is 0 Å². The third-order valence-corrected chi connectivity index (χ3v) is 4.83. The summed E-state index contributed by atoms with van der Waals surface area (Å²) in [6.07, 6.45) is 4.98. The number of amides is 1. The van der Waals surface area contributed by atoms with E-state index in [0.29, 0.717) is 13.1 Å². The molecule has 0 N–H and O–H groups in total. The Bertz CT molecular complexity index is 772. The van der Waals surface area contributed by atoms with Crippen molar-refractivity contribution in [2.75, 3.05) is 13.1 Å². The molecule has 1 aliphatic heterocycles. The van der Waals surface area contributed by atoms with E-state index in [9.17, 15) is 9.59 Å². The maximum absolute atomic E-state index is 12.5. The third kappa shape index (κ3) is 4.24. The second-order valence-electron chi connectivity index (χ2n) is 6.52. The second-order valence-corrected chi connectivity index (χ2v) is 6.52. The van der Waals surface area contributed by atoms with Crippen molar-refractivity contribution < 1.29 is 9.59 Å². The first-order chi connectivity index (χ1) is 12.1. The third-order valence-electron chi connectivity index (χ3n) is 4.83. The van der Waals surface area contributed by atoms with Crippen molar-refractivity contribution in [2.45, 2.75) is 19.8 Å². The van der Waals surface area contributed by atoms with Crippen LogP contribution in [0, 0.1) is 12.8 Å². The monoisotopic (exact) mass is 333 g/mol. The average molecular weight is 333 g/mol. The molecule has 1 saturated heterocycles. The molecule has 0 unspecified atom stereocenters. The highest BCUT2D eigenvalue weighted by molar-refractivity contribution is 5.98. The number of ketones is 1. The molecule has 25 heavy (non-hydrogen) atoms. The molecule has 1 fully saturated rings. The van der Waals surface area contributed by atoms with E-state index in [1.54, 1.807) is 6.08 Å². The molecule has 0 atom stereocenters. The summed E-state index contributed by atoms with van der Waals surface area (Å²) in [6, 6.07) is 17.4. The van der Waals surface area contributed by atoms with Gasteiger partial charge in [0.15, 0.2) is 5.78 Å². The fourth-order valence-electron chi connectivity index (χ4n) is 3.24. The van der Waals surface area contributed by atoms with Crippen LogP contribution in [0.15, 0.2) is 60.7 Å². The summed E-state index contributed by atoms with van der Waals surface area (Å²) in [7, 11) is 0. The van der Waals surface area contributed by atoms with Gasteiger partial charge in [-0.25, -0.2) is 0 Å². The van der Waals surface area contributed by atoms with Crippen molar-refractivity contribution >= 4 is 17.8 Å². The van der Waals surface area contributed by atoms with Crippen molar-refractivity contribution in [2.24, 2.45) is 5.92 Å². The van der Waals surface area contributed by atoms with Gasteiger partial charge in [0.25, 0.3) is 0 Å². The molecule has 0 saturated carbocycles. The van der Waals surface area contributed by atoms with Gasteiger partial charge < -0.3 is 4.90 Å². The molecule has 1 heterocycles. The van der Waals surface area contributed by atoms with Gasteiger partial charge in [0.1, 0.15) is 0 Å². The smallest absolute Gasteiger partial charge is 0.246 e. The van der Waals surface area contributed by atoms with Crippen LogP contribution in [0.3, 0.4) is 0 Å². The number of Topliss-reactive ketones (excluding diaryl/α,β-unsaturated/α-hetero) is 1. The molecule has 0 spiro atoms. The Balaban J connectivity index is 1.56. The van der Waals surface area contributed by atoms with Crippen LogP contribution in [-0.4, -0.2) is 29.7 Å². The van der Waals surface area contributed by atoms with Gasteiger partial charge in [0, 0.05) is 30.6 Å². The molecule has 1 amide bonds. The molecule has 2 aromatic rings. The van der Waals surface area contributed by atoms with E-state index in [4.69, 9.17) is 0 Å². The molecular formula is C22H23NO2. The fraction of sp³-hybridized carbons (Fsp3) is 0.273. The fourth-order valence-corrected chi connectivity index (χ4v) is 3.24. The molecule has 3 heteroatoms. The summed E-state index contributed by atoms with van der Waals surface area (Å²) in [5, 5.41) is 0. The van der Waals surface area contributed by atoms with Crippen molar-refractivity contribution in [1.82, 2.24) is 4.90 Å². The van der Waals surface area contributed by atoms with E-state index in [2.05, 4.69) is 0 Å². The number of carbonyl (C=O) groups excluding carboxylic acids is 2. The van der Waals surface area contributed by atoms with Gasteiger partial charge >= 0.3 is 0 Å². The van der Waals surface area contributed by atoms with Crippen molar-refractivity contribution in [3.05, 3.63) is 77.4 Å². The second kappa shape index (κ2) is 7.93. The number of nitrogens with zero attached hydrogens (tertiary/aromatic N) is 1. The van der Waals surface area contributed by atoms with Gasteiger partial charge in [-0.2, -0.15) is 0 Å². The Morgan fingerprint density at radius 2 is 1.60 bits per heavy atom. The summed E-state index contributed by atoms with van der Waals surface area (Å²) >= 11 is 0. The summed E-state index contributed by atoms with van der Waals surface area (Å²) in [4.78, 5) is 26.7. The number of carbonyl (C=O) groups is 2. The molecule has 0 aliphatic carbocycles. The lowest BCUT2D eigenvalue weighted by Crippen LogP contribution is -2.39. The van der Waals surface area contributed by atoms with Gasteiger partial charge in [0.05, 0.1) is 0 Å². The first-order valence-corrected chi connectivity index (χ1v) is 8.77. The zero-order valence-corrected chi connectivity index (χ0v) is 14.5. The Morgan fingerprint density at radius 1 is 0.960 bits per heavy atom. The van der Waals surface area contributed by atoms with Crippen LogP contribution in [0.2, 0.25) is 0 Å². The van der Waals surface area contributed by atoms with E-state index in [1.807, 2.05) is 72.5 Å². The summed E-state index contributed by atoms with van der Waals surface area (Å²) < 4.78 is 0. The number of rotatable bonds is 4. The highest BCUT2D eigenvalue weighted by atomic mass is 16.2. The topological polar surface area (TPSA) is 37.4 Å². The van der Waals surface area contributed by atoms with E-state index in [1.165, 1.54) is 0 Å². The molecule has 3 rings (SSSR count). The van der Waals surface area contributed by atoms with Crippen LogP contribution < -0.4 is 0 Å². The van der Waals surface area contributed by atoms with Crippen molar-refractivity contribution in [1.29, 1.82) is 0 Å². The van der Waals surface area contributed by atoms with Crippen LogP contribution in [0.4, 0.5) is 0 Å². The molecule has 2 aromatic carbocycles. The Labute approximate surface area is 149 Å². The van der Waals surface area contributed by atoms with E-state index >= 15 is 0 Å².